The Balaban J connectivity index is 2.69. The molecule has 0 radical (unpaired) electrons. The molecule has 0 aromatic heterocycles. The van der Waals surface area contributed by atoms with Crippen LogP contribution in [0.25, 0.3) is 0 Å². The average Bonchev–Trinajstić information content (AvgIpc) is 2.61. The topological polar surface area (TPSA) is 131 Å². The highest BCUT2D eigenvalue weighted by Crippen LogP contribution is 2.37. The summed E-state index contributed by atoms with van der Waals surface area (Å²) in [5.74, 6) is -0.499. The number of benzene rings is 1. The largest absolute Gasteiger partial charge is 0.464 e. The minimum absolute atomic E-state index is 0.253. The Labute approximate surface area is 149 Å². The van der Waals surface area contributed by atoms with Crippen LogP contribution in [0.15, 0.2) is 30.3 Å². The van der Waals surface area contributed by atoms with E-state index in [4.69, 9.17) is 0 Å². The van der Waals surface area contributed by atoms with Crippen LogP contribution in [-0.4, -0.2) is 46.4 Å². The van der Waals surface area contributed by atoms with Crippen molar-refractivity contribution in [1.82, 2.24) is 20.3 Å². The highest BCUT2D eigenvalue weighted by atomic mass is 32.1. The molecule has 25 heavy (non-hydrogen) atoms. The maximum atomic E-state index is 12.1. The van der Waals surface area contributed by atoms with Gasteiger partial charge in [0.25, 0.3) is 0 Å². The van der Waals surface area contributed by atoms with E-state index < -0.39 is 29.8 Å². The van der Waals surface area contributed by atoms with Crippen LogP contribution in [0.5, 0.6) is 0 Å². The number of nitrogens with one attached hydrogen (secondary N) is 3. The van der Waals surface area contributed by atoms with Crippen molar-refractivity contribution < 1.29 is 24.6 Å². The summed E-state index contributed by atoms with van der Waals surface area (Å²) < 4.78 is 2.07. The predicted molar refractivity (Wildman–Crippen MR) is 92.3 cm³/mol. The van der Waals surface area contributed by atoms with E-state index in [9.17, 15) is 24.6 Å². The second-order valence-electron chi connectivity index (χ2n) is 5.64. The number of thiol groups is 1. The van der Waals surface area contributed by atoms with E-state index in [0.29, 0.717) is 18.5 Å². The van der Waals surface area contributed by atoms with E-state index >= 15 is 0 Å². The van der Waals surface area contributed by atoms with Crippen molar-refractivity contribution in [2.75, 3.05) is 13.1 Å². The molecule has 1 heterocycles. The lowest BCUT2D eigenvalue weighted by molar-refractivity contribution is 0.0135. The molecule has 2 atom stereocenters. The molecule has 1 aromatic rings. The Morgan fingerprint density at radius 3 is 2.32 bits per heavy atom. The van der Waals surface area contributed by atoms with Gasteiger partial charge in [-0.3, -0.25) is 4.72 Å². The maximum Gasteiger partial charge on any atom is 0.419 e. The third-order valence-electron chi connectivity index (χ3n) is 4.24. The third kappa shape index (κ3) is 3.80. The molecule has 5 N–H and O–H groups in total. The van der Waals surface area contributed by atoms with Crippen LogP contribution < -0.4 is 15.4 Å². The summed E-state index contributed by atoms with van der Waals surface area (Å²) in [7, 11) is 0. The standard InChI is InChI=1S/C15H20N4O5S/c20-12(18-25)17-15(10-5-2-1-3-6-10,11-7-4-8-16-9-11)19(13(21)22)14(23)24/h1-3,5-6,11,16,25H,4,7-9H2,(H,21,22)(H,23,24)(H2,17,18,20). The number of carbonyl (C=O) groups excluding carboxylic acids is 1. The van der Waals surface area contributed by atoms with E-state index in [0.717, 1.165) is 13.0 Å². The lowest BCUT2D eigenvalue weighted by atomic mass is 9.80. The number of urea groups is 1. The molecule has 2 rings (SSSR count). The molecule has 2 unspecified atom stereocenters. The summed E-state index contributed by atoms with van der Waals surface area (Å²) in [6.45, 7) is 1.08. The third-order valence-corrected chi connectivity index (χ3v) is 4.45. The number of carbonyl (C=O) groups is 3. The van der Waals surface area contributed by atoms with Crippen LogP contribution in [0.1, 0.15) is 18.4 Å². The predicted octanol–water partition coefficient (Wildman–Crippen LogP) is 1.64. The zero-order chi connectivity index (χ0) is 18.4. The second kappa shape index (κ2) is 8.08. The zero-order valence-electron chi connectivity index (χ0n) is 13.3. The summed E-state index contributed by atoms with van der Waals surface area (Å²) in [5, 5.41) is 24.8. The summed E-state index contributed by atoms with van der Waals surface area (Å²) in [6.07, 6.45) is -2.11. The van der Waals surface area contributed by atoms with Crippen LogP contribution in [0.2, 0.25) is 0 Å². The van der Waals surface area contributed by atoms with Crippen LogP contribution in [0.4, 0.5) is 14.4 Å². The SMILES string of the molecule is O=C(NS)NC(c1ccccc1)(C1CCCNC1)N(C(=O)O)C(=O)O. The van der Waals surface area contributed by atoms with Gasteiger partial charge in [0.05, 0.1) is 0 Å². The summed E-state index contributed by atoms with van der Waals surface area (Å²) in [4.78, 5) is 35.9. The fourth-order valence-corrected chi connectivity index (χ4v) is 3.32. The number of piperidine rings is 1. The van der Waals surface area contributed by atoms with Crippen molar-refractivity contribution >= 4 is 31.0 Å². The van der Waals surface area contributed by atoms with E-state index in [-0.39, 0.29) is 4.90 Å². The number of rotatable bonds is 4. The fraction of sp³-hybridized carbons (Fsp3) is 0.400. The molecule has 1 aromatic carbocycles. The van der Waals surface area contributed by atoms with Gasteiger partial charge in [0, 0.05) is 12.5 Å². The van der Waals surface area contributed by atoms with Crippen molar-refractivity contribution in [1.29, 1.82) is 0 Å². The van der Waals surface area contributed by atoms with Gasteiger partial charge in [0.1, 0.15) is 0 Å². The molecule has 1 saturated heterocycles. The molecule has 9 nitrogen and oxygen atoms in total. The van der Waals surface area contributed by atoms with E-state index in [1.807, 2.05) is 0 Å². The maximum absolute atomic E-state index is 12.1. The molecule has 0 bridgehead atoms. The molecule has 136 valence electrons. The van der Waals surface area contributed by atoms with E-state index in [1.54, 1.807) is 30.3 Å². The Bertz CT molecular complexity index is 624. The normalized spacial score (nSPS) is 19.3. The van der Waals surface area contributed by atoms with Gasteiger partial charge in [-0.25, -0.2) is 14.4 Å². The lowest BCUT2D eigenvalue weighted by Crippen LogP contribution is -2.67. The average molecular weight is 368 g/mol. The van der Waals surface area contributed by atoms with Gasteiger partial charge in [0.2, 0.25) is 0 Å². The zero-order valence-corrected chi connectivity index (χ0v) is 14.2. The molecule has 1 aliphatic rings. The monoisotopic (exact) mass is 368 g/mol. The van der Waals surface area contributed by atoms with Gasteiger partial charge in [-0.15, -0.1) is 0 Å². The molecular formula is C15H20N4O5S. The number of hydrogen-bond acceptors (Lipinski definition) is 5. The molecule has 0 spiro atoms. The molecular weight excluding hydrogens is 348 g/mol. The number of amides is 4. The summed E-state index contributed by atoms with van der Waals surface area (Å²) in [6, 6.07) is 7.41. The van der Waals surface area contributed by atoms with Crippen molar-refractivity contribution in [3.63, 3.8) is 0 Å². The number of nitrogens with zero attached hydrogens (tertiary/aromatic N) is 1. The van der Waals surface area contributed by atoms with Gasteiger partial charge in [-0.1, -0.05) is 43.1 Å². The number of carboxylic acid groups (broad SMARTS) is 2. The minimum Gasteiger partial charge on any atom is -0.464 e. The van der Waals surface area contributed by atoms with Gasteiger partial charge in [0.15, 0.2) is 5.66 Å². The fourth-order valence-electron chi connectivity index (χ4n) is 3.26. The van der Waals surface area contributed by atoms with E-state index in [1.165, 1.54) is 0 Å². The summed E-state index contributed by atoms with van der Waals surface area (Å²) >= 11 is 3.68. The number of imide groups is 1. The smallest absolute Gasteiger partial charge is 0.419 e. The second-order valence-corrected chi connectivity index (χ2v) is 5.87. The molecule has 1 fully saturated rings. The van der Waals surface area contributed by atoms with Gasteiger partial charge in [-0.2, -0.15) is 4.90 Å². The molecule has 1 aliphatic heterocycles. The summed E-state index contributed by atoms with van der Waals surface area (Å²) in [5.41, 5.74) is -1.44. The Hall–Kier alpha value is -2.46. The quantitative estimate of drug-likeness (QED) is 0.354. The van der Waals surface area contributed by atoms with Crippen molar-refractivity contribution in [2.45, 2.75) is 18.5 Å². The number of hydrogen-bond donors (Lipinski definition) is 6. The highest BCUT2D eigenvalue weighted by molar-refractivity contribution is 7.78. The van der Waals surface area contributed by atoms with Crippen molar-refractivity contribution in [3.8, 4) is 0 Å². The molecule has 0 saturated carbocycles. The molecule has 0 aliphatic carbocycles. The van der Waals surface area contributed by atoms with Crippen LogP contribution in [0.3, 0.4) is 0 Å². The van der Waals surface area contributed by atoms with Crippen LogP contribution in [-0.2, 0) is 5.66 Å². The van der Waals surface area contributed by atoms with E-state index in [2.05, 4.69) is 28.2 Å². The lowest BCUT2D eigenvalue weighted by Gasteiger charge is -2.47. The van der Waals surface area contributed by atoms with Crippen molar-refractivity contribution in [2.24, 2.45) is 5.92 Å². The van der Waals surface area contributed by atoms with Gasteiger partial charge >= 0.3 is 18.2 Å². The Morgan fingerprint density at radius 1 is 1.20 bits per heavy atom. The van der Waals surface area contributed by atoms with Gasteiger partial charge in [-0.05, 0) is 24.9 Å². The van der Waals surface area contributed by atoms with Crippen molar-refractivity contribution in [3.05, 3.63) is 35.9 Å². The van der Waals surface area contributed by atoms with Crippen LogP contribution >= 0.6 is 12.8 Å². The van der Waals surface area contributed by atoms with Crippen LogP contribution in [0, 0.1) is 5.92 Å². The Kier molecular flexibility index (Phi) is 6.10. The first-order chi connectivity index (χ1) is 11.9. The highest BCUT2D eigenvalue weighted by Gasteiger charge is 2.52. The first-order valence-corrected chi connectivity index (χ1v) is 8.12. The minimum atomic E-state index is -1.79. The molecule has 10 heteroatoms. The first kappa shape index (κ1) is 18.9. The molecule has 4 amide bonds. The van der Waals surface area contributed by atoms with Gasteiger partial charge < -0.3 is 20.8 Å². The first-order valence-electron chi connectivity index (χ1n) is 7.68. The Morgan fingerprint density at radius 2 is 1.84 bits per heavy atom.